The fourth-order valence-corrected chi connectivity index (χ4v) is 5.64. The zero-order valence-corrected chi connectivity index (χ0v) is 13.7. The summed E-state index contributed by atoms with van der Waals surface area (Å²) in [6, 6.07) is 0.214. The second-order valence-corrected chi connectivity index (χ2v) is 8.83. The second kappa shape index (κ2) is 6.51. The van der Waals surface area contributed by atoms with Gasteiger partial charge in [0.25, 0.3) is 0 Å². The van der Waals surface area contributed by atoms with E-state index in [1.807, 2.05) is 0 Å². The van der Waals surface area contributed by atoms with Crippen molar-refractivity contribution in [3.8, 4) is 0 Å². The van der Waals surface area contributed by atoms with E-state index in [0.29, 0.717) is 30.1 Å². The molecule has 3 atom stereocenters. The van der Waals surface area contributed by atoms with Crippen LogP contribution in [0.3, 0.4) is 0 Å². The molecule has 3 unspecified atom stereocenters. The van der Waals surface area contributed by atoms with Gasteiger partial charge in [0, 0.05) is 19.1 Å². The number of fused-ring (bicyclic) bond motifs is 1. The van der Waals surface area contributed by atoms with Gasteiger partial charge in [-0.25, -0.2) is 12.7 Å². The molecular formula is C14H27ClN2O2S. The van der Waals surface area contributed by atoms with E-state index in [1.165, 1.54) is 19.3 Å². The van der Waals surface area contributed by atoms with Gasteiger partial charge in [-0.2, -0.15) is 0 Å². The van der Waals surface area contributed by atoms with Crippen molar-refractivity contribution >= 4 is 22.4 Å². The third-order valence-electron chi connectivity index (χ3n) is 5.52. The maximum absolute atomic E-state index is 12.4. The van der Waals surface area contributed by atoms with Crippen molar-refractivity contribution in [3.05, 3.63) is 0 Å². The van der Waals surface area contributed by atoms with Crippen LogP contribution in [-0.2, 0) is 10.0 Å². The van der Waals surface area contributed by atoms with E-state index in [1.54, 1.807) is 4.31 Å². The molecule has 1 aliphatic heterocycles. The third kappa shape index (κ3) is 3.32. The standard InChI is InChI=1S/C14H26N2O2S.ClH/c15-14-6-2-5-12-9-16(10-13(12)14)19(17,18)8-7-11-3-1-4-11;/h11-14H,1-10,15H2;1H. The number of rotatable bonds is 4. The number of sulfonamides is 1. The minimum absolute atomic E-state index is 0. The highest BCUT2D eigenvalue weighted by Gasteiger charge is 2.42. The molecule has 2 aliphatic carbocycles. The minimum Gasteiger partial charge on any atom is -0.327 e. The molecule has 0 spiro atoms. The molecule has 118 valence electrons. The average molecular weight is 323 g/mol. The maximum Gasteiger partial charge on any atom is 0.214 e. The van der Waals surface area contributed by atoms with E-state index in [9.17, 15) is 8.42 Å². The first-order chi connectivity index (χ1) is 9.06. The fourth-order valence-electron chi connectivity index (χ4n) is 3.93. The predicted molar refractivity (Wildman–Crippen MR) is 83.4 cm³/mol. The lowest BCUT2D eigenvalue weighted by molar-refractivity contribution is 0.260. The lowest BCUT2D eigenvalue weighted by atomic mass is 9.78. The topological polar surface area (TPSA) is 63.4 Å². The summed E-state index contributed by atoms with van der Waals surface area (Å²) in [6.07, 6.45) is 7.99. The Labute approximate surface area is 128 Å². The molecule has 2 N–H and O–H groups in total. The molecule has 1 saturated heterocycles. The zero-order valence-electron chi connectivity index (χ0n) is 12.0. The molecule has 20 heavy (non-hydrogen) atoms. The summed E-state index contributed by atoms with van der Waals surface area (Å²) < 4.78 is 26.6. The Balaban J connectivity index is 0.00000147. The van der Waals surface area contributed by atoms with Crippen molar-refractivity contribution in [1.82, 2.24) is 4.31 Å². The monoisotopic (exact) mass is 322 g/mol. The first kappa shape index (κ1) is 16.5. The highest BCUT2D eigenvalue weighted by molar-refractivity contribution is 7.89. The smallest absolute Gasteiger partial charge is 0.214 e. The molecule has 3 rings (SSSR count). The Morgan fingerprint density at radius 3 is 2.35 bits per heavy atom. The quantitative estimate of drug-likeness (QED) is 0.861. The Morgan fingerprint density at radius 1 is 1.05 bits per heavy atom. The van der Waals surface area contributed by atoms with Gasteiger partial charge in [0.15, 0.2) is 0 Å². The Morgan fingerprint density at radius 2 is 1.75 bits per heavy atom. The lowest BCUT2D eigenvalue weighted by Crippen LogP contribution is -2.38. The van der Waals surface area contributed by atoms with Crippen molar-refractivity contribution < 1.29 is 8.42 Å². The summed E-state index contributed by atoms with van der Waals surface area (Å²) in [7, 11) is -3.04. The van der Waals surface area contributed by atoms with E-state index in [4.69, 9.17) is 5.73 Å². The first-order valence-electron chi connectivity index (χ1n) is 7.79. The number of hydrogen-bond acceptors (Lipinski definition) is 3. The van der Waals surface area contributed by atoms with E-state index >= 15 is 0 Å². The van der Waals surface area contributed by atoms with Crippen molar-refractivity contribution in [2.75, 3.05) is 18.8 Å². The van der Waals surface area contributed by atoms with Crippen LogP contribution in [0.25, 0.3) is 0 Å². The lowest BCUT2D eigenvalue weighted by Gasteiger charge is -2.29. The van der Waals surface area contributed by atoms with E-state index in [-0.39, 0.29) is 18.4 Å². The van der Waals surface area contributed by atoms with Gasteiger partial charge in [0.05, 0.1) is 5.75 Å². The molecule has 3 fully saturated rings. The van der Waals surface area contributed by atoms with Crippen LogP contribution < -0.4 is 5.73 Å². The van der Waals surface area contributed by atoms with Crippen LogP contribution in [0.5, 0.6) is 0 Å². The van der Waals surface area contributed by atoms with Gasteiger partial charge in [-0.3, -0.25) is 0 Å². The van der Waals surface area contributed by atoms with E-state index in [0.717, 1.165) is 32.2 Å². The van der Waals surface area contributed by atoms with E-state index in [2.05, 4.69) is 0 Å². The summed E-state index contributed by atoms with van der Waals surface area (Å²) >= 11 is 0. The van der Waals surface area contributed by atoms with Gasteiger partial charge in [-0.1, -0.05) is 25.7 Å². The molecule has 0 aromatic carbocycles. The van der Waals surface area contributed by atoms with Gasteiger partial charge in [-0.15, -0.1) is 12.4 Å². The summed E-state index contributed by atoms with van der Waals surface area (Å²) in [4.78, 5) is 0. The van der Waals surface area contributed by atoms with Crippen molar-refractivity contribution in [2.45, 2.75) is 51.0 Å². The SMILES string of the molecule is Cl.NC1CCCC2CN(S(=O)(=O)CCC3CCC3)CC12. The van der Waals surface area contributed by atoms with E-state index < -0.39 is 10.0 Å². The van der Waals surface area contributed by atoms with Crippen LogP contribution in [0.2, 0.25) is 0 Å². The van der Waals surface area contributed by atoms with Gasteiger partial charge >= 0.3 is 0 Å². The molecule has 6 heteroatoms. The van der Waals surface area contributed by atoms with Crippen LogP contribution in [0.15, 0.2) is 0 Å². The third-order valence-corrected chi connectivity index (χ3v) is 7.36. The molecule has 0 bridgehead atoms. The zero-order chi connectivity index (χ0) is 13.5. The number of nitrogens with two attached hydrogens (primary N) is 1. The molecule has 1 heterocycles. The van der Waals surface area contributed by atoms with Crippen LogP contribution in [0.1, 0.15) is 44.9 Å². The second-order valence-electron chi connectivity index (χ2n) is 6.74. The number of hydrogen-bond donors (Lipinski definition) is 1. The molecule has 0 radical (unpaired) electrons. The summed E-state index contributed by atoms with van der Waals surface area (Å²) in [5.74, 6) is 1.95. The first-order valence-corrected chi connectivity index (χ1v) is 9.40. The minimum atomic E-state index is -3.04. The highest BCUT2D eigenvalue weighted by Crippen LogP contribution is 2.37. The van der Waals surface area contributed by atoms with Gasteiger partial charge in [0.1, 0.15) is 0 Å². The molecule has 2 saturated carbocycles. The summed E-state index contributed by atoms with van der Waals surface area (Å²) in [5, 5.41) is 0. The normalized spacial score (nSPS) is 35.1. The van der Waals surface area contributed by atoms with Crippen molar-refractivity contribution in [2.24, 2.45) is 23.5 Å². The molecular weight excluding hydrogens is 296 g/mol. The molecule has 3 aliphatic rings. The van der Waals surface area contributed by atoms with Crippen molar-refractivity contribution in [3.63, 3.8) is 0 Å². The molecule has 0 aromatic heterocycles. The molecule has 4 nitrogen and oxygen atoms in total. The summed E-state index contributed by atoms with van der Waals surface area (Å²) in [5.41, 5.74) is 6.16. The highest BCUT2D eigenvalue weighted by atomic mass is 35.5. The van der Waals surface area contributed by atoms with Gasteiger partial charge in [-0.05, 0) is 37.0 Å². The van der Waals surface area contributed by atoms with Crippen LogP contribution in [-0.4, -0.2) is 37.6 Å². The van der Waals surface area contributed by atoms with Crippen molar-refractivity contribution in [1.29, 1.82) is 0 Å². The number of halogens is 1. The summed E-state index contributed by atoms with van der Waals surface area (Å²) in [6.45, 7) is 1.41. The van der Waals surface area contributed by atoms with Gasteiger partial charge < -0.3 is 5.73 Å². The molecule has 0 amide bonds. The number of nitrogens with zero attached hydrogens (tertiary/aromatic N) is 1. The van der Waals surface area contributed by atoms with Crippen LogP contribution in [0.4, 0.5) is 0 Å². The Kier molecular flexibility index (Phi) is 5.38. The van der Waals surface area contributed by atoms with Gasteiger partial charge in [0.2, 0.25) is 10.0 Å². The Hall–Kier alpha value is 0.160. The predicted octanol–water partition coefficient (Wildman–Crippen LogP) is 1.99. The van der Waals surface area contributed by atoms with Crippen LogP contribution in [0, 0.1) is 17.8 Å². The van der Waals surface area contributed by atoms with Crippen LogP contribution >= 0.6 is 12.4 Å². The average Bonchev–Trinajstić information content (AvgIpc) is 2.73. The fraction of sp³-hybridized carbons (Fsp3) is 1.00. The largest absolute Gasteiger partial charge is 0.327 e. The maximum atomic E-state index is 12.4. The Bertz CT molecular complexity index is 425. The molecule has 0 aromatic rings.